The normalized spacial score (nSPS) is 12.5. The summed E-state index contributed by atoms with van der Waals surface area (Å²) in [5, 5.41) is 17.5. The van der Waals surface area contributed by atoms with Crippen LogP contribution in [0.2, 0.25) is 0 Å². The zero-order valence-electron chi connectivity index (χ0n) is 12.8. The predicted molar refractivity (Wildman–Crippen MR) is 92.1 cm³/mol. The maximum absolute atomic E-state index is 8.79. The highest BCUT2D eigenvalue weighted by molar-refractivity contribution is 7.10. The van der Waals surface area contributed by atoms with E-state index in [0.717, 1.165) is 18.1 Å². The van der Waals surface area contributed by atoms with Gasteiger partial charge in [-0.1, -0.05) is 25.1 Å². The maximum Gasteiger partial charge on any atom is 0.191 e. The molecule has 1 heterocycles. The highest BCUT2D eigenvalue weighted by atomic mass is 32.1. The minimum Gasteiger partial charge on any atom is -0.356 e. The predicted octanol–water partition coefficient (Wildman–Crippen LogP) is 3.09. The monoisotopic (exact) mass is 312 g/mol. The number of thiophene rings is 1. The molecule has 4 nitrogen and oxygen atoms in total. The summed E-state index contributed by atoms with van der Waals surface area (Å²) in [7, 11) is 1.77. The van der Waals surface area contributed by atoms with Gasteiger partial charge in [0.2, 0.25) is 0 Å². The van der Waals surface area contributed by atoms with Gasteiger partial charge in [0.1, 0.15) is 0 Å². The van der Waals surface area contributed by atoms with Crippen molar-refractivity contribution in [3.05, 3.63) is 57.8 Å². The smallest absolute Gasteiger partial charge is 0.191 e. The quantitative estimate of drug-likeness (QED) is 0.659. The molecular weight excluding hydrogens is 292 g/mol. The summed E-state index contributed by atoms with van der Waals surface area (Å²) in [6.07, 6.45) is 0. The minimum absolute atomic E-state index is 0.452. The Morgan fingerprint density at radius 1 is 1.27 bits per heavy atom. The Morgan fingerprint density at radius 2 is 2.05 bits per heavy atom. The largest absolute Gasteiger partial charge is 0.356 e. The molecule has 2 N–H and O–H groups in total. The Hall–Kier alpha value is -2.32. The van der Waals surface area contributed by atoms with Crippen LogP contribution in [0.3, 0.4) is 0 Å². The van der Waals surface area contributed by atoms with Crippen molar-refractivity contribution in [2.45, 2.75) is 19.4 Å². The molecule has 0 aliphatic carbocycles. The van der Waals surface area contributed by atoms with Crippen LogP contribution >= 0.6 is 11.3 Å². The first-order valence-electron chi connectivity index (χ1n) is 7.20. The molecule has 0 amide bonds. The van der Waals surface area contributed by atoms with Crippen LogP contribution in [-0.4, -0.2) is 19.6 Å². The van der Waals surface area contributed by atoms with Crippen molar-refractivity contribution in [1.29, 1.82) is 5.26 Å². The lowest BCUT2D eigenvalue weighted by atomic mass is 10.1. The molecule has 22 heavy (non-hydrogen) atoms. The molecule has 0 spiro atoms. The van der Waals surface area contributed by atoms with E-state index >= 15 is 0 Å². The van der Waals surface area contributed by atoms with Crippen molar-refractivity contribution >= 4 is 17.3 Å². The van der Waals surface area contributed by atoms with Crippen LogP contribution < -0.4 is 10.6 Å². The molecule has 0 saturated heterocycles. The third kappa shape index (κ3) is 4.61. The molecule has 0 radical (unpaired) electrons. The third-order valence-corrected chi connectivity index (χ3v) is 4.48. The molecule has 0 fully saturated rings. The van der Waals surface area contributed by atoms with Gasteiger partial charge < -0.3 is 10.6 Å². The number of aliphatic imine (C=N–C) groups is 1. The number of guanidine groups is 1. The number of nitriles is 1. The lowest BCUT2D eigenvalue weighted by Gasteiger charge is -2.15. The van der Waals surface area contributed by atoms with Crippen LogP contribution in [-0.2, 0) is 6.54 Å². The number of rotatable bonds is 5. The molecule has 2 aromatic rings. The average Bonchev–Trinajstić information content (AvgIpc) is 3.10. The molecule has 114 valence electrons. The van der Waals surface area contributed by atoms with Crippen LogP contribution in [0.25, 0.3) is 0 Å². The van der Waals surface area contributed by atoms with Crippen molar-refractivity contribution in [2.24, 2.45) is 4.99 Å². The number of hydrogen-bond acceptors (Lipinski definition) is 3. The first-order valence-corrected chi connectivity index (χ1v) is 8.08. The zero-order valence-corrected chi connectivity index (χ0v) is 13.7. The molecule has 1 unspecified atom stereocenters. The highest BCUT2D eigenvalue weighted by Crippen LogP contribution is 2.19. The molecule has 0 bridgehead atoms. The van der Waals surface area contributed by atoms with Crippen molar-refractivity contribution in [1.82, 2.24) is 10.6 Å². The fourth-order valence-corrected chi connectivity index (χ4v) is 2.81. The van der Waals surface area contributed by atoms with Crippen molar-refractivity contribution < 1.29 is 0 Å². The summed E-state index contributed by atoms with van der Waals surface area (Å²) in [6.45, 7) is 3.72. The number of hydrogen-bond donors (Lipinski definition) is 2. The zero-order chi connectivity index (χ0) is 15.8. The first-order chi connectivity index (χ1) is 10.7. The number of nitrogens with zero attached hydrogens (tertiary/aromatic N) is 2. The van der Waals surface area contributed by atoms with E-state index in [2.05, 4.69) is 46.1 Å². The topological polar surface area (TPSA) is 60.2 Å². The fourth-order valence-electron chi connectivity index (χ4n) is 2.03. The van der Waals surface area contributed by atoms with Gasteiger partial charge in [0, 0.05) is 30.9 Å². The summed E-state index contributed by atoms with van der Waals surface area (Å²) < 4.78 is 0. The second kappa shape index (κ2) is 8.20. The van der Waals surface area contributed by atoms with Gasteiger partial charge in [-0.3, -0.25) is 4.99 Å². The van der Waals surface area contributed by atoms with E-state index in [1.165, 1.54) is 4.88 Å². The van der Waals surface area contributed by atoms with Crippen molar-refractivity contribution in [3.8, 4) is 6.07 Å². The summed E-state index contributed by atoms with van der Waals surface area (Å²) in [5.41, 5.74) is 1.80. The molecule has 0 saturated carbocycles. The molecule has 1 aromatic carbocycles. The van der Waals surface area contributed by atoms with Gasteiger partial charge in [-0.2, -0.15) is 5.26 Å². The summed E-state index contributed by atoms with van der Waals surface area (Å²) >= 11 is 1.78. The highest BCUT2D eigenvalue weighted by Gasteiger charge is 2.07. The molecule has 5 heteroatoms. The van der Waals surface area contributed by atoms with Crippen molar-refractivity contribution in [3.63, 3.8) is 0 Å². The summed E-state index contributed by atoms with van der Waals surface area (Å²) in [5.74, 6) is 1.24. The van der Waals surface area contributed by atoms with Crippen LogP contribution in [0.4, 0.5) is 0 Å². The molecule has 0 aliphatic rings. The second-order valence-electron chi connectivity index (χ2n) is 5.03. The van der Waals surface area contributed by atoms with Crippen LogP contribution in [0.5, 0.6) is 0 Å². The Bertz CT molecular complexity index is 638. The van der Waals surface area contributed by atoms with Crippen LogP contribution in [0, 0.1) is 11.3 Å². The van der Waals surface area contributed by atoms with Gasteiger partial charge in [0.15, 0.2) is 5.96 Å². The maximum atomic E-state index is 8.79. The Morgan fingerprint density at radius 3 is 2.64 bits per heavy atom. The molecular formula is C17H20N4S. The van der Waals surface area contributed by atoms with Gasteiger partial charge in [0.05, 0.1) is 11.6 Å². The first kappa shape index (κ1) is 16.1. The number of benzene rings is 1. The van der Waals surface area contributed by atoms with Gasteiger partial charge in [-0.25, -0.2) is 0 Å². The van der Waals surface area contributed by atoms with E-state index in [9.17, 15) is 0 Å². The Balaban J connectivity index is 1.81. The molecule has 2 rings (SSSR count). The Labute approximate surface area is 135 Å². The lowest BCUT2D eigenvalue weighted by molar-refractivity contribution is 0.708. The van der Waals surface area contributed by atoms with E-state index in [4.69, 9.17) is 5.26 Å². The van der Waals surface area contributed by atoms with E-state index in [1.807, 2.05) is 24.3 Å². The lowest BCUT2D eigenvalue weighted by Crippen LogP contribution is -2.38. The number of nitrogens with one attached hydrogen (secondary N) is 2. The molecule has 1 atom stereocenters. The van der Waals surface area contributed by atoms with E-state index in [1.54, 1.807) is 18.4 Å². The molecule has 1 aromatic heterocycles. The van der Waals surface area contributed by atoms with E-state index < -0.39 is 0 Å². The van der Waals surface area contributed by atoms with Gasteiger partial charge in [-0.05, 0) is 29.1 Å². The van der Waals surface area contributed by atoms with Gasteiger partial charge in [-0.15, -0.1) is 11.3 Å². The second-order valence-corrected chi connectivity index (χ2v) is 6.01. The standard InChI is InChI=1S/C17H20N4S/c1-13(16-4-3-9-22-16)11-20-17(19-2)21-12-15-7-5-14(10-18)6-8-15/h3-9,13H,11-12H2,1-2H3,(H2,19,20,21). The average molecular weight is 312 g/mol. The van der Waals surface area contributed by atoms with Crippen molar-refractivity contribution in [2.75, 3.05) is 13.6 Å². The van der Waals surface area contributed by atoms with Gasteiger partial charge >= 0.3 is 0 Å². The fraction of sp³-hybridized carbons (Fsp3) is 0.294. The van der Waals surface area contributed by atoms with Crippen LogP contribution in [0.1, 0.15) is 28.8 Å². The van der Waals surface area contributed by atoms with E-state index in [0.29, 0.717) is 18.0 Å². The minimum atomic E-state index is 0.452. The molecule has 0 aliphatic heterocycles. The summed E-state index contributed by atoms with van der Waals surface area (Å²) in [4.78, 5) is 5.61. The Kier molecular flexibility index (Phi) is 5.99. The van der Waals surface area contributed by atoms with Gasteiger partial charge in [0.25, 0.3) is 0 Å². The SMILES string of the molecule is CN=C(NCc1ccc(C#N)cc1)NCC(C)c1cccs1. The van der Waals surface area contributed by atoms with E-state index in [-0.39, 0.29) is 0 Å². The van der Waals surface area contributed by atoms with Crippen LogP contribution in [0.15, 0.2) is 46.8 Å². The summed E-state index contributed by atoms with van der Waals surface area (Å²) in [6, 6.07) is 13.9. The third-order valence-electron chi connectivity index (χ3n) is 3.37.